The largest absolute Gasteiger partial charge is 0.469 e. The highest BCUT2D eigenvalue weighted by molar-refractivity contribution is 5.91. The molecule has 0 aliphatic heterocycles. The van der Waals surface area contributed by atoms with Gasteiger partial charge in [-0.25, -0.2) is 0 Å². The van der Waals surface area contributed by atoms with E-state index in [1.165, 1.54) is 16.7 Å². The van der Waals surface area contributed by atoms with E-state index in [0.717, 1.165) is 0 Å². The molecule has 1 heterocycles. The van der Waals surface area contributed by atoms with Gasteiger partial charge in [0.2, 0.25) is 0 Å². The quantitative estimate of drug-likeness (QED) is 0.654. The topological polar surface area (TPSA) is 103 Å². The molecule has 0 aromatic carbocycles. The molecule has 8 heteroatoms. The molecule has 2 N–H and O–H groups in total. The number of hydrogen-bond donors (Lipinski definition) is 1. The van der Waals surface area contributed by atoms with Crippen molar-refractivity contribution < 1.29 is 14.3 Å². The van der Waals surface area contributed by atoms with Crippen LogP contribution in [-0.2, 0) is 16.1 Å². The van der Waals surface area contributed by atoms with Crippen LogP contribution in [0.2, 0.25) is 0 Å². The molecule has 0 unspecified atom stereocenters. The average molecular weight is 269 g/mol. The number of esters is 1. The van der Waals surface area contributed by atoms with Gasteiger partial charge in [-0.05, 0) is 6.42 Å². The van der Waals surface area contributed by atoms with Crippen LogP contribution in [0.5, 0.6) is 0 Å². The molecular weight excluding hydrogens is 250 g/mol. The molecule has 1 aromatic rings. The van der Waals surface area contributed by atoms with Crippen molar-refractivity contribution in [1.82, 2.24) is 19.9 Å². The Balaban J connectivity index is 2.44. The standard InChI is InChI=1S/C11H19N5O3/c1-15(6-3-4-10(17)19-2)11(18)9-8-16(7-5-12)14-13-9/h8H,3-7,12H2,1-2H3. The van der Waals surface area contributed by atoms with E-state index in [4.69, 9.17) is 5.73 Å². The second-order valence-corrected chi connectivity index (χ2v) is 4.06. The molecule has 1 rings (SSSR count). The van der Waals surface area contributed by atoms with Crippen molar-refractivity contribution in [2.75, 3.05) is 27.2 Å². The summed E-state index contributed by atoms with van der Waals surface area (Å²) in [6.45, 7) is 1.41. The summed E-state index contributed by atoms with van der Waals surface area (Å²) in [5, 5.41) is 7.59. The van der Waals surface area contributed by atoms with Crippen LogP contribution in [0.4, 0.5) is 0 Å². The smallest absolute Gasteiger partial charge is 0.305 e. The van der Waals surface area contributed by atoms with Crippen molar-refractivity contribution in [2.45, 2.75) is 19.4 Å². The van der Waals surface area contributed by atoms with Crippen LogP contribution in [0.3, 0.4) is 0 Å². The number of nitrogens with two attached hydrogens (primary N) is 1. The Bertz CT molecular complexity index is 432. The predicted molar refractivity (Wildman–Crippen MR) is 67.3 cm³/mol. The highest BCUT2D eigenvalue weighted by atomic mass is 16.5. The highest BCUT2D eigenvalue weighted by Gasteiger charge is 2.15. The van der Waals surface area contributed by atoms with Gasteiger partial charge >= 0.3 is 5.97 Å². The van der Waals surface area contributed by atoms with Gasteiger partial charge < -0.3 is 15.4 Å². The number of ether oxygens (including phenoxy) is 1. The van der Waals surface area contributed by atoms with Crippen molar-refractivity contribution in [1.29, 1.82) is 0 Å². The van der Waals surface area contributed by atoms with Crippen LogP contribution in [0, 0.1) is 0 Å². The number of aromatic nitrogens is 3. The molecule has 0 fully saturated rings. The molecule has 0 aliphatic carbocycles. The van der Waals surface area contributed by atoms with Gasteiger partial charge in [-0.1, -0.05) is 5.21 Å². The van der Waals surface area contributed by atoms with E-state index >= 15 is 0 Å². The minimum absolute atomic E-state index is 0.229. The lowest BCUT2D eigenvalue weighted by atomic mass is 10.3. The SMILES string of the molecule is COC(=O)CCCN(C)C(=O)c1cn(CCN)nn1. The highest BCUT2D eigenvalue weighted by Crippen LogP contribution is 2.01. The number of methoxy groups -OCH3 is 1. The lowest BCUT2D eigenvalue weighted by molar-refractivity contribution is -0.140. The zero-order valence-electron chi connectivity index (χ0n) is 11.2. The van der Waals surface area contributed by atoms with E-state index in [9.17, 15) is 9.59 Å². The third-order valence-electron chi connectivity index (χ3n) is 2.56. The summed E-state index contributed by atoms with van der Waals surface area (Å²) in [5.41, 5.74) is 5.66. The molecular formula is C11H19N5O3. The summed E-state index contributed by atoms with van der Waals surface area (Å²) in [6, 6.07) is 0. The minimum atomic E-state index is -0.283. The van der Waals surface area contributed by atoms with Crippen LogP contribution in [0.15, 0.2) is 6.20 Å². The first-order chi connectivity index (χ1) is 9.08. The van der Waals surface area contributed by atoms with Gasteiger partial charge in [-0.15, -0.1) is 5.10 Å². The van der Waals surface area contributed by atoms with Crippen molar-refractivity contribution in [3.63, 3.8) is 0 Å². The Morgan fingerprint density at radius 3 is 2.89 bits per heavy atom. The number of amides is 1. The van der Waals surface area contributed by atoms with E-state index in [0.29, 0.717) is 26.1 Å². The molecule has 0 spiro atoms. The summed E-state index contributed by atoms with van der Waals surface area (Å²) in [7, 11) is 2.99. The Hall–Kier alpha value is -1.96. The van der Waals surface area contributed by atoms with Gasteiger partial charge in [0.05, 0.1) is 19.9 Å². The van der Waals surface area contributed by atoms with Gasteiger partial charge in [-0.3, -0.25) is 14.3 Å². The third-order valence-corrected chi connectivity index (χ3v) is 2.56. The van der Waals surface area contributed by atoms with Crippen LogP contribution in [0.25, 0.3) is 0 Å². The summed E-state index contributed by atoms with van der Waals surface area (Å²) in [5.74, 6) is -0.511. The summed E-state index contributed by atoms with van der Waals surface area (Å²) in [4.78, 5) is 24.4. The monoisotopic (exact) mass is 269 g/mol. The van der Waals surface area contributed by atoms with Crippen LogP contribution < -0.4 is 5.73 Å². The maximum Gasteiger partial charge on any atom is 0.305 e. The molecule has 0 saturated carbocycles. The lowest BCUT2D eigenvalue weighted by Gasteiger charge is -2.14. The van der Waals surface area contributed by atoms with Gasteiger partial charge in [0.1, 0.15) is 0 Å². The maximum atomic E-state index is 12.0. The fourth-order valence-corrected chi connectivity index (χ4v) is 1.50. The van der Waals surface area contributed by atoms with Crippen molar-refractivity contribution in [2.24, 2.45) is 5.73 Å². The molecule has 1 aromatic heterocycles. The Morgan fingerprint density at radius 1 is 1.53 bits per heavy atom. The van der Waals surface area contributed by atoms with Gasteiger partial charge in [0.25, 0.3) is 5.91 Å². The summed E-state index contributed by atoms with van der Waals surface area (Å²) in [6.07, 6.45) is 2.39. The maximum absolute atomic E-state index is 12.0. The van der Waals surface area contributed by atoms with Crippen molar-refractivity contribution >= 4 is 11.9 Å². The molecule has 0 aliphatic rings. The minimum Gasteiger partial charge on any atom is -0.469 e. The Labute approximate surface area is 111 Å². The third kappa shape index (κ3) is 4.66. The van der Waals surface area contributed by atoms with Crippen LogP contribution in [0.1, 0.15) is 23.3 Å². The molecule has 0 saturated heterocycles. The Kier molecular flexibility index (Phi) is 5.94. The molecule has 0 atom stereocenters. The van der Waals surface area contributed by atoms with Crippen LogP contribution >= 0.6 is 0 Å². The number of rotatable bonds is 7. The molecule has 0 radical (unpaired) electrons. The number of carbonyl (C=O) groups excluding carboxylic acids is 2. The molecule has 1 amide bonds. The molecule has 8 nitrogen and oxygen atoms in total. The predicted octanol–water partition coefficient (Wildman–Crippen LogP) is -0.738. The van der Waals surface area contributed by atoms with E-state index in [-0.39, 0.29) is 24.0 Å². The van der Waals surface area contributed by atoms with E-state index in [2.05, 4.69) is 15.0 Å². The molecule has 106 valence electrons. The first kappa shape index (κ1) is 15.1. The van der Waals surface area contributed by atoms with Crippen LogP contribution in [-0.4, -0.2) is 59.0 Å². The van der Waals surface area contributed by atoms with Crippen molar-refractivity contribution in [3.8, 4) is 0 Å². The van der Waals surface area contributed by atoms with E-state index in [1.54, 1.807) is 13.2 Å². The first-order valence-electron chi connectivity index (χ1n) is 6.01. The number of carbonyl (C=O) groups is 2. The van der Waals surface area contributed by atoms with Crippen molar-refractivity contribution in [3.05, 3.63) is 11.9 Å². The second-order valence-electron chi connectivity index (χ2n) is 4.06. The van der Waals surface area contributed by atoms with Gasteiger partial charge in [0.15, 0.2) is 5.69 Å². The average Bonchev–Trinajstić information content (AvgIpc) is 2.86. The summed E-state index contributed by atoms with van der Waals surface area (Å²) >= 11 is 0. The number of hydrogen-bond acceptors (Lipinski definition) is 6. The fourth-order valence-electron chi connectivity index (χ4n) is 1.50. The fraction of sp³-hybridized carbons (Fsp3) is 0.636. The Morgan fingerprint density at radius 2 is 2.26 bits per heavy atom. The van der Waals surface area contributed by atoms with Gasteiger partial charge in [-0.2, -0.15) is 0 Å². The van der Waals surface area contributed by atoms with E-state index in [1.807, 2.05) is 0 Å². The molecule has 19 heavy (non-hydrogen) atoms. The molecule has 0 bridgehead atoms. The zero-order chi connectivity index (χ0) is 14.3. The van der Waals surface area contributed by atoms with E-state index < -0.39 is 0 Å². The lowest BCUT2D eigenvalue weighted by Crippen LogP contribution is -2.28. The van der Waals surface area contributed by atoms with Gasteiger partial charge in [0, 0.05) is 26.6 Å². The zero-order valence-corrected chi connectivity index (χ0v) is 11.2. The first-order valence-corrected chi connectivity index (χ1v) is 6.01. The normalized spacial score (nSPS) is 10.3. The number of nitrogens with zero attached hydrogens (tertiary/aromatic N) is 4. The second kappa shape index (κ2) is 7.47. The summed E-state index contributed by atoms with van der Waals surface area (Å²) < 4.78 is 6.05.